The van der Waals surface area contributed by atoms with E-state index in [9.17, 15) is 4.79 Å². The van der Waals surface area contributed by atoms with E-state index in [2.05, 4.69) is 15.2 Å². The number of esters is 1. The van der Waals surface area contributed by atoms with Crippen LogP contribution in [0.15, 0.2) is 24.4 Å². The van der Waals surface area contributed by atoms with Gasteiger partial charge in [0.05, 0.1) is 12.8 Å². The van der Waals surface area contributed by atoms with Gasteiger partial charge in [0.1, 0.15) is 11.3 Å². The second kappa shape index (κ2) is 5.60. The molecule has 0 bridgehead atoms. The van der Waals surface area contributed by atoms with Crippen molar-refractivity contribution in [2.24, 2.45) is 0 Å². The molecule has 6 heteroatoms. The number of piperazine rings is 1. The van der Waals surface area contributed by atoms with Crippen LogP contribution in [0.5, 0.6) is 0 Å². The third-order valence-electron chi connectivity index (χ3n) is 3.53. The Balaban J connectivity index is 1.88. The molecule has 0 amide bonds. The first kappa shape index (κ1) is 13.1. The molecule has 106 valence electrons. The Morgan fingerprint density at radius 2 is 2.20 bits per heavy atom. The average molecular weight is 274 g/mol. The largest absolute Gasteiger partial charge is 0.464 e. The van der Waals surface area contributed by atoms with E-state index in [1.165, 1.54) is 7.11 Å². The first-order valence-electron chi connectivity index (χ1n) is 6.76. The summed E-state index contributed by atoms with van der Waals surface area (Å²) in [6.07, 6.45) is 1.92. The van der Waals surface area contributed by atoms with Crippen LogP contribution in [0.1, 0.15) is 16.2 Å². The second-order valence-corrected chi connectivity index (χ2v) is 4.89. The topological polar surface area (TPSA) is 58.9 Å². The standard InChI is InChI=1S/C14H18N4O2/c1-20-14(19)12-3-2-4-13-16-11(10-18(12)13)9-17-7-5-15-6-8-17/h2-4,10,15H,5-9H2,1H3. The number of aromatic nitrogens is 2. The fourth-order valence-corrected chi connectivity index (χ4v) is 2.51. The van der Waals surface area contributed by atoms with Gasteiger partial charge in [-0.15, -0.1) is 0 Å². The van der Waals surface area contributed by atoms with Gasteiger partial charge in [0, 0.05) is 38.9 Å². The molecule has 2 aromatic heterocycles. The number of hydrogen-bond acceptors (Lipinski definition) is 5. The van der Waals surface area contributed by atoms with Crippen LogP contribution in [0.4, 0.5) is 0 Å². The highest BCUT2D eigenvalue weighted by atomic mass is 16.5. The van der Waals surface area contributed by atoms with Gasteiger partial charge in [-0.05, 0) is 12.1 Å². The highest BCUT2D eigenvalue weighted by Gasteiger charge is 2.15. The van der Waals surface area contributed by atoms with E-state index in [1.807, 2.05) is 18.3 Å². The molecule has 1 saturated heterocycles. The van der Waals surface area contributed by atoms with Gasteiger partial charge in [0.25, 0.3) is 0 Å². The number of carbonyl (C=O) groups excluding carboxylic acids is 1. The molecular weight excluding hydrogens is 256 g/mol. The van der Waals surface area contributed by atoms with Gasteiger partial charge in [0.15, 0.2) is 0 Å². The molecule has 6 nitrogen and oxygen atoms in total. The Kier molecular flexibility index (Phi) is 3.66. The average Bonchev–Trinajstić information content (AvgIpc) is 2.89. The van der Waals surface area contributed by atoms with Gasteiger partial charge >= 0.3 is 5.97 Å². The quantitative estimate of drug-likeness (QED) is 0.827. The predicted molar refractivity (Wildman–Crippen MR) is 74.7 cm³/mol. The Morgan fingerprint density at radius 3 is 2.95 bits per heavy atom. The van der Waals surface area contributed by atoms with E-state index in [4.69, 9.17) is 4.74 Å². The van der Waals surface area contributed by atoms with Crippen LogP contribution in [0.3, 0.4) is 0 Å². The molecule has 1 aliphatic heterocycles. The van der Waals surface area contributed by atoms with E-state index < -0.39 is 0 Å². The van der Waals surface area contributed by atoms with E-state index in [0.717, 1.165) is 44.1 Å². The maximum Gasteiger partial charge on any atom is 0.355 e. The number of rotatable bonds is 3. The summed E-state index contributed by atoms with van der Waals surface area (Å²) in [5.41, 5.74) is 2.25. The van der Waals surface area contributed by atoms with Gasteiger partial charge in [-0.3, -0.25) is 9.30 Å². The van der Waals surface area contributed by atoms with E-state index in [0.29, 0.717) is 5.69 Å². The highest BCUT2D eigenvalue weighted by Crippen LogP contribution is 2.12. The number of ether oxygens (including phenoxy) is 1. The molecule has 1 fully saturated rings. The lowest BCUT2D eigenvalue weighted by Crippen LogP contribution is -2.42. The van der Waals surface area contributed by atoms with Crippen molar-refractivity contribution < 1.29 is 9.53 Å². The van der Waals surface area contributed by atoms with Crippen LogP contribution in [0.25, 0.3) is 5.65 Å². The maximum absolute atomic E-state index is 11.7. The number of imidazole rings is 1. The van der Waals surface area contributed by atoms with Crippen LogP contribution in [0, 0.1) is 0 Å². The molecule has 3 heterocycles. The van der Waals surface area contributed by atoms with Crippen LogP contribution in [0.2, 0.25) is 0 Å². The number of methoxy groups -OCH3 is 1. The molecule has 0 saturated carbocycles. The van der Waals surface area contributed by atoms with E-state index >= 15 is 0 Å². The Hall–Kier alpha value is -1.92. The molecule has 2 aromatic rings. The summed E-state index contributed by atoms with van der Waals surface area (Å²) in [5.74, 6) is -0.346. The lowest BCUT2D eigenvalue weighted by Gasteiger charge is -2.26. The lowest BCUT2D eigenvalue weighted by atomic mass is 10.3. The minimum Gasteiger partial charge on any atom is -0.464 e. The molecule has 0 aliphatic carbocycles. The number of carbonyl (C=O) groups is 1. The number of nitrogens with zero attached hydrogens (tertiary/aromatic N) is 3. The molecular formula is C14H18N4O2. The molecule has 0 spiro atoms. The van der Waals surface area contributed by atoms with Crippen molar-refractivity contribution in [1.29, 1.82) is 0 Å². The van der Waals surface area contributed by atoms with Crippen molar-refractivity contribution in [2.75, 3.05) is 33.3 Å². The molecule has 20 heavy (non-hydrogen) atoms. The first-order valence-corrected chi connectivity index (χ1v) is 6.76. The molecule has 0 aromatic carbocycles. The molecule has 0 radical (unpaired) electrons. The van der Waals surface area contributed by atoms with Crippen molar-refractivity contribution in [3.8, 4) is 0 Å². The fraction of sp³-hybridized carbons (Fsp3) is 0.429. The zero-order valence-corrected chi connectivity index (χ0v) is 11.5. The van der Waals surface area contributed by atoms with Crippen LogP contribution in [-0.2, 0) is 11.3 Å². The fourth-order valence-electron chi connectivity index (χ4n) is 2.51. The summed E-state index contributed by atoms with van der Waals surface area (Å²) < 4.78 is 6.59. The van der Waals surface area contributed by atoms with Crippen LogP contribution < -0.4 is 5.32 Å². The van der Waals surface area contributed by atoms with Gasteiger partial charge in [-0.1, -0.05) is 6.07 Å². The third kappa shape index (κ3) is 2.52. The van der Waals surface area contributed by atoms with E-state index in [1.54, 1.807) is 10.5 Å². The third-order valence-corrected chi connectivity index (χ3v) is 3.53. The smallest absolute Gasteiger partial charge is 0.355 e. The summed E-state index contributed by atoms with van der Waals surface area (Å²) in [6, 6.07) is 5.46. The Labute approximate surface area is 117 Å². The summed E-state index contributed by atoms with van der Waals surface area (Å²) in [4.78, 5) is 18.7. The predicted octanol–water partition coefficient (Wildman–Crippen LogP) is 0.526. The zero-order valence-electron chi connectivity index (χ0n) is 11.5. The van der Waals surface area contributed by atoms with Crippen LogP contribution in [-0.4, -0.2) is 53.5 Å². The normalized spacial score (nSPS) is 16.4. The van der Waals surface area contributed by atoms with E-state index in [-0.39, 0.29) is 5.97 Å². The van der Waals surface area contributed by atoms with Crippen molar-refractivity contribution >= 4 is 11.6 Å². The van der Waals surface area contributed by atoms with Crippen LogP contribution >= 0.6 is 0 Å². The summed E-state index contributed by atoms with van der Waals surface area (Å²) in [5, 5.41) is 3.33. The molecule has 3 rings (SSSR count). The maximum atomic E-state index is 11.7. The van der Waals surface area contributed by atoms with Gasteiger partial charge in [0.2, 0.25) is 0 Å². The summed E-state index contributed by atoms with van der Waals surface area (Å²) in [6.45, 7) is 4.89. The minimum absolute atomic E-state index is 0.346. The monoisotopic (exact) mass is 274 g/mol. The molecule has 0 atom stereocenters. The number of nitrogens with one attached hydrogen (secondary N) is 1. The molecule has 1 N–H and O–H groups in total. The highest BCUT2D eigenvalue weighted by molar-refractivity contribution is 5.88. The van der Waals surface area contributed by atoms with Crippen molar-refractivity contribution in [3.63, 3.8) is 0 Å². The SMILES string of the molecule is COC(=O)c1cccc2nc(CN3CCNCC3)cn12. The van der Waals surface area contributed by atoms with Gasteiger partial charge in [-0.2, -0.15) is 0 Å². The summed E-state index contributed by atoms with van der Waals surface area (Å²) >= 11 is 0. The van der Waals surface area contributed by atoms with Crippen molar-refractivity contribution in [2.45, 2.75) is 6.54 Å². The summed E-state index contributed by atoms with van der Waals surface area (Å²) in [7, 11) is 1.39. The zero-order chi connectivity index (χ0) is 13.9. The molecule has 0 unspecified atom stereocenters. The first-order chi connectivity index (χ1) is 9.78. The van der Waals surface area contributed by atoms with Crippen molar-refractivity contribution in [1.82, 2.24) is 19.6 Å². The lowest BCUT2D eigenvalue weighted by molar-refractivity contribution is 0.0592. The van der Waals surface area contributed by atoms with Gasteiger partial charge in [-0.25, -0.2) is 9.78 Å². The minimum atomic E-state index is -0.346. The number of pyridine rings is 1. The number of hydrogen-bond donors (Lipinski definition) is 1. The second-order valence-electron chi connectivity index (χ2n) is 4.89. The number of fused-ring (bicyclic) bond motifs is 1. The van der Waals surface area contributed by atoms with Gasteiger partial charge < -0.3 is 10.1 Å². The molecule has 1 aliphatic rings. The Bertz CT molecular complexity index is 617. The Morgan fingerprint density at radius 1 is 1.40 bits per heavy atom. The van der Waals surface area contributed by atoms with Crippen molar-refractivity contribution in [3.05, 3.63) is 35.8 Å².